The van der Waals surface area contributed by atoms with Crippen LogP contribution in [0.1, 0.15) is 10.5 Å². The molecule has 1 aliphatic heterocycles. The number of carbonyl (C=O) groups excluding carboxylic acids is 2. The fourth-order valence-electron chi connectivity index (χ4n) is 3.91. The predicted molar refractivity (Wildman–Crippen MR) is 126 cm³/mol. The Hall–Kier alpha value is -4.39. The molecule has 0 bridgehead atoms. The van der Waals surface area contributed by atoms with Crippen LogP contribution in [0.3, 0.4) is 0 Å². The zero-order valence-corrected chi connectivity index (χ0v) is 18.0. The monoisotopic (exact) mass is 438 g/mol. The maximum atomic E-state index is 13.9. The molecular weight excluding hydrogens is 416 g/mol. The van der Waals surface area contributed by atoms with Crippen molar-refractivity contribution in [3.8, 4) is 22.7 Å². The maximum Gasteiger partial charge on any atom is 0.277 e. The van der Waals surface area contributed by atoms with Gasteiger partial charge in [0.25, 0.3) is 11.8 Å². The first kappa shape index (κ1) is 20.5. The van der Waals surface area contributed by atoms with Crippen LogP contribution < -0.4 is 15.0 Å². The Labute approximate surface area is 191 Å². The number of fused-ring (bicyclic) bond motifs is 1. The smallest absolute Gasteiger partial charge is 0.277 e. The van der Waals surface area contributed by atoms with Crippen LogP contribution in [0.4, 0.5) is 5.69 Å². The summed E-state index contributed by atoms with van der Waals surface area (Å²) in [4.78, 5) is 27.9. The molecule has 7 heteroatoms. The zero-order valence-electron chi connectivity index (χ0n) is 18.0. The van der Waals surface area contributed by atoms with Crippen LogP contribution >= 0.6 is 0 Å². The predicted octanol–water partition coefficient (Wildman–Crippen LogP) is 3.69. The molecule has 1 N–H and O–H groups in total. The molecule has 2 heterocycles. The first-order valence-electron chi connectivity index (χ1n) is 10.7. The van der Waals surface area contributed by atoms with Gasteiger partial charge in [0.1, 0.15) is 11.4 Å². The normalized spacial score (nSPS) is 14.8. The zero-order chi connectivity index (χ0) is 22.8. The second-order valence-corrected chi connectivity index (χ2v) is 7.63. The highest BCUT2D eigenvalue weighted by Crippen LogP contribution is 2.35. The Morgan fingerprint density at radius 1 is 0.939 bits per heavy atom. The fraction of sp³-hybridized carbons (Fsp3) is 0.115. The van der Waals surface area contributed by atoms with E-state index in [9.17, 15) is 9.59 Å². The highest BCUT2D eigenvalue weighted by molar-refractivity contribution is 6.07. The van der Waals surface area contributed by atoms with Gasteiger partial charge in [-0.2, -0.15) is 5.10 Å². The van der Waals surface area contributed by atoms with E-state index in [1.54, 1.807) is 28.8 Å². The van der Waals surface area contributed by atoms with Crippen molar-refractivity contribution in [2.45, 2.75) is 6.10 Å². The van der Waals surface area contributed by atoms with Gasteiger partial charge in [0.05, 0.1) is 23.6 Å². The Kier molecular flexibility index (Phi) is 5.36. The van der Waals surface area contributed by atoms with E-state index in [4.69, 9.17) is 9.84 Å². The number of ether oxygens (including phenoxy) is 1. The van der Waals surface area contributed by atoms with Crippen LogP contribution in [0, 0.1) is 0 Å². The van der Waals surface area contributed by atoms with Crippen LogP contribution in [0.15, 0.2) is 91.0 Å². The summed E-state index contributed by atoms with van der Waals surface area (Å²) < 4.78 is 7.51. The number of likely N-dealkylation sites (N-methyl/N-ethyl adjacent to an activating group) is 1. The molecule has 0 fully saturated rings. The summed E-state index contributed by atoms with van der Waals surface area (Å²) in [6, 6.07) is 28.3. The average molecular weight is 438 g/mol. The first-order chi connectivity index (χ1) is 16.2. The minimum atomic E-state index is -0.810. The van der Waals surface area contributed by atoms with Crippen molar-refractivity contribution < 1.29 is 14.3 Å². The summed E-state index contributed by atoms with van der Waals surface area (Å²) in [5, 5.41) is 7.36. The third kappa shape index (κ3) is 3.85. The SMILES string of the molecule is CNC(=O)[C@@H]1CN(C(=O)c2cc(-c3ccccc3)nn2-c2ccccc2)c2ccccc2O1. The van der Waals surface area contributed by atoms with Gasteiger partial charge >= 0.3 is 0 Å². The summed E-state index contributed by atoms with van der Waals surface area (Å²) in [6.07, 6.45) is -0.810. The van der Waals surface area contributed by atoms with E-state index < -0.39 is 6.10 Å². The number of anilines is 1. The molecule has 1 aliphatic rings. The molecule has 0 radical (unpaired) electrons. The Balaban J connectivity index is 1.62. The number of rotatable bonds is 4. The van der Waals surface area contributed by atoms with E-state index in [0.717, 1.165) is 11.3 Å². The average Bonchev–Trinajstić information content (AvgIpc) is 3.34. The van der Waals surface area contributed by atoms with Gasteiger partial charge in [-0.25, -0.2) is 4.68 Å². The van der Waals surface area contributed by atoms with Crippen LogP contribution in [0.2, 0.25) is 0 Å². The summed E-state index contributed by atoms with van der Waals surface area (Å²) in [6.45, 7) is 0.0934. The molecule has 7 nitrogen and oxygen atoms in total. The fourth-order valence-corrected chi connectivity index (χ4v) is 3.91. The number of hydrogen-bond donors (Lipinski definition) is 1. The number of benzene rings is 3. The van der Waals surface area contributed by atoms with Crippen molar-refractivity contribution in [2.75, 3.05) is 18.5 Å². The summed E-state index contributed by atoms with van der Waals surface area (Å²) in [5.41, 5.74) is 3.38. The Bertz CT molecular complexity index is 1300. The lowest BCUT2D eigenvalue weighted by atomic mass is 10.1. The molecular formula is C26H22N4O3. The third-order valence-electron chi connectivity index (χ3n) is 5.56. The van der Waals surface area contributed by atoms with Gasteiger partial charge in [-0.3, -0.25) is 14.5 Å². The molecule has 164 valence electrons. The van der Waals surface area contributed by atoms with Crippen LogP contribution in [0.5, 0.6) is 5.75 Å². The number of nitrogens with zero attached hydrogens (tertiary/aromatic N) is 3. The summed E-state index contributed by atoms with van der Waals surface area (Å²) in [7, 11) is 1.55. The molecule has 0 unspecified atom stereocenters. The summed E-state index contributed by atoms with van der Waals surface area (Å²) >= 11 is 0. The quantitative estimate of drug-likeness (QED) is 0.527. The highest BCUT2D eigenvalue weighted by atomic mass is 16.5. The third-order valence-corrected chi connectivity index (χ3v) is 5.56. The minimum Gasteiger partial charge on any atom is -0.477 e. The number of carbonyl (C=O) groups is 2. The molecule has 5 rings (SSSR count). The Morgan fingerprint density at radius 3 is 2.33 bits per heavy atom. The van der Waals surface area contributed by atoms with Crippen molar-refractivity contribution >= 4 is 17.5 Å². The minimum absolute atomic E-state index is 0.0934. The molecule has 1 atom stereocenters. The molecule has 33 heavy (non-hydrogen) atoms. The van der Waals surface area contributed by atoms with Crippen molar-refractivity contribution in [3.63, 3.8) is 0 Å². The van der Waals surface area contributed by atoms with E-state index in [-0.39, 0.29) is 18.4 Å². The van der Waals surface area contributed by atoms with Gasteiger partial charge in [-0.15, -0.1) is 0 Å². The molecule has 1 aromatic heterocycles. The van der Waals surface area contributed by atoms with Crippen molar-refractivity contribution in [1.82, 2.24) is 15.1 Å². The van der Waals surface area contributed by atoms with Gasteiger partial charge < -0.3 is 10.1 Å². The Morgan fingerprint density at radius 2 is 1.61 bits per heavy atom. The van der Waals surface area contributed by atoms with E-state index in [2.05, 4.69) is 5.32 Å². The van der Waals surface area contributed by atoms with Crippen LogP contribution in [-0.2, 0) is 4.79 Å². The molecule has 4 aromatic rings. The number of amides is 2. The largest absolute Gasteiger partial charge is 0.477 e. The van der Waals surface area contributed by atoms with Gasteiger partial charge in [0.15, 0.2) is 6.10 Å². The lowest BCUT2D eigenvalue weighted by molar-refractivity contribution is -0.127. The van der Waals surface area contributed by atoms with Gasteiger partial charge in [0.2, 0.25) is 0 Å². The van der Waals surface area contributed by atoms with Crippen molar-refractivity contribution in [1.29, 1.82) is 0 Å². The van der Waals surface area contributed by atoms with E-state index in [1.807, 2.05) is 78.9 Å². The molecule has 0 spiro atoms. The molecule has 0 saturated heterocycles. The van der Waals surface area contributed by atoms with E-state index in [0.29, 0.717) is 22.8 Å². The highest BCUT2D eigenvalue weighted by Gasteiger charge is 2.35. The first-order valence-corrected chi connectivity index (χ1v) is 10.7. The number of hydrogen-bond acceptors (Lipinski definition) is 4. The van der Waals surface area contributed by atoms with Crippen molar-refractivity contribution in [2.24, 2.45) is 0 Å². The number of nitrogens with one attached hydrogen (secondary N) is 1. The van der Waals surface area contributed by atoms with E-state index >= 15 is 0 Å². The second kappa shape index (κ2) is 8.63. The molecule has 3 aromatic carbocycles. The summed E-state index contributed by atoms with van der Waals surface area (Å²) in [5.74, 6) is -0.0678. The number of aromatic nitrogens is 2. The van der Waals surface area contributed by atoms with Gasteiger partial charge in [-0.05, 0) is 30.3 Å². The second-order valence-electron chi connectivity index (χ2n) is 7.63. The van der Waals surface area contributed by atoms with Crippen molar-refractivity contribution in [3.05, 3.63) is 96.7 Å². The molecule has 2 amide bonds. The molecule has 0 aliphatic carbocycles. The topological polar surface area (TPSA) is 76.5 Å². The lowest BCUT2D eigenvalue weighted by Gasteiger charge is -2.34. The van der Waals surface area contributed by atoms with Gasteiger partial charge in [0, 0.05) is 12.6 Å². The number of para-hydroxylation sites is 3. The lowest BCUT2D eigenvalue weighted by Crippen LogP contribution is -2.50. The van der Waals surface area contributed by atoms with Crippen LogP contribution in [-0.4, -0.2) is 41.3 Å². The van der Waals surface area contributed by atoms with Gasteiger partial charge in [-0.1, -0.05) is 60.7 Å². The standard InChI is InChI=1S/C26H22N4O3/c1-27-25(31)24-17-29(21-14-8-9-15-23(21)33-24)26(32)22-16-20(18-10-4-2-5-11-18)28-30(22)19-12-6-3-7-13-19/h2-16,24H,17H2,1H3,(H,27,31)/t24-/m0/s1. The maximum absolute atomic E-state index is 13.9. The molecule has 0 saturated carbocycles. The van der Waals surface area contributed by atoms with Crippen LogP contribution in [0.25, 0.3) is 16.9 Å². The van der Waals surface area contributed by atoms with E-state index in [1.165, 1.54) is 0 Å².